The van der Waals surface area contributed by atoms with Crippen molar-refractivity contribution in [1.82, 2.24) is 19.5 Å². The number of benzene rings is 1. The summed E-state index contributed by atoms with van der Waals surface area (Å²) >= 11 is 6.17. The Kier molecular flexibility index (Phi) is 5.56. The number of likely N-dealkylation sites (tertiary alicyclic amines) is 1. The molecular formula is C23H26ClN5O3S. The van der Waals surface area contributed by atoms with Gasteiger partial charge in [0.15, 0.2) is 5.65 Å². The fraction of sp³-hybridized carbons (Fsp3) is 0.435. The Bertz CT molecular complexity index is 1350. The Hall–Kier alpha value is -2.65. The fourth-order valence-corrected chi connectivity index (χ4v) is 5.29. The molecule has 1 aliphatic heterocycles. The van der Waals surface area contributed by atoms with E-state index in [0.29, 0.717) is 17.5 Å². The van der Waals surface area contributed by atoms with E-state index in [1.165, 1.54) is 25.0 Å². The van der Waals surface area contributed by atoms with E-state index < -0.39 is 10.0 Å². The molecule has 2 fully saturated rings. The first-order chi connectivity index (χ1) is 15.7. The predicted octanol–water partition coefficient (Wildman–Crippen LogP) is 4.31. The first kappa shape index (κ1) is 22.2. The van der Waals surface area contributed by atoms with Gasteiger partial charge in [-0.15, -0.1) is 0 Å². The van der Waals surface area contributed by atoms with Crippen molar-refractivity contribution in [3.8, 4) is 0 Å². The van der Waals surface area contributed by atoms with Crippen molar-refractivity contribution >= 4 is 38.9 Å². The van der Waals surface area contributed by atoms with Gasteiger partial charge in [0, 0.05) is 34.9 Å². The lowest BCUT2D eigenvalue weighted by Crippen LogP contribution is -2.39. The number of halogens is 1. The maximum absolute atomic E-state index is 13.7. The number of hydrogen-bond donors (Lipinski definition) is 1. The summed E-state index contributed by atoms with van der Waals surface area (Å²) in [4.78, 5) is 20.2. The Balaban J connectivity index is 1.52. The van der Waals surface area contributed by atoms with E-state index in [0.717, 1.165) is 48.2 Å². The average molecular weight is 488 g/mol. The van der Waals surface area contributed by atoms with E-state index in [4.69, 9.17) is 21.7 Å². The van der Waals surface area contributed by atoms with Crippen molar-refractivity contribution in [3.63, 3.8) is 0 Å². The predicted molar refractivity (Wildman–Crippen MR) is 127 cm³/mol. The summed E-state index contributed by atoms with van der Waals surface area (Å²) in [7, 11) is -3.56. The van der Waals surface area contributed by atoms with Gasteiger partial charge in [0.25, 0.3) is 5.91 Å². The first-order valence-corrected chi connectivity index (χ1v) is 13.4. The number of sulfonamides is 1. The molecule has 1 amide bonds. The van der Waals surface area contributed by atoms with Crippen LogP contribution in [0.4, 0.5) is 5.69 Å². The topological polar surface area (TPSA) is 96.7 Å². The molecule has 1 saturated heterocycles. The molecule has 1 aliphatic carbocycles. The number of aromatic nitrogens is 3. The van der Waals surface area contributed by atoms with Crippen molar-refractivity contribution in [3.05, 3.63) is 58.0 Å². The summed E-state index contributed by atoms with van der Waals surface area (Å²) in [5, 5.41) is 5.17. The lowest BCUT2D eigenvalue weighted by molar-refractivity contribution is 0.0607. The number of carbonyl (C=O) groups excluding carboxylic acids is 1. The largest absolute Gasteiger partial charge is 0.330 e. The van der Waals surface area contributed by atoms with Gasteiger partial charge in [-0.05, 0) is 63.3 Å². The summed E-state index contributed by atoms with van der Waals surface area (Å²) in [6.45, 7) is 2.58. The molecule has 3 heterocycles. The van der Waals surface area contributed by atoms with Crippen LogP contribution in [0.25, 0.3) is 5.65 Å². The van der Waals surface area contributed by atoms with Crippen LogP contribution in [0, 0.1) is 6.92 Å². The summed E-state index contributed by atoms with van der Waals surface area (Å²) < 4.78 is 28.0. The molecule has 8 nitrogen and oxygen atoms in total. The highest BCUT2D eigenvalue weighted by Gasteiger charge is 2.33. The molecule has 2 aromatic heterocycles. The van der Waals surface area contributed by atoms with Crippen molar-refractivity contribution in [2.75, 3.05) is 17.5 Å². The number of rotatable bonds is 5. The minimum absolute atomic E-state index is 0.220. The summed E-state index contributed by atoms with van der Waals surface area (Å²) in [6.07, 6.45) is 6.04. The van der Waals surface area contributed by atoms with Crippen LogP contribution in [0.1, 0.15) is 71.5 Å². The lowest BCUT2D eigenvalue weighted by Gasteiger charge is -2.35. The van der Waals surface area contributed by atoms with Crippen LogP contribution in [0.5, 0.6) is 0 Å². The molecule has 5 rings (SSSR count). The summed E-state index contributed by atoms with van der Waals surface area (Å²) in [5.41, 5.74) is 4.18. The van der Waals surface area contributed by atoms with Gasteiger partial charge in [0.1, 0.15) is 0 Å². The highest BCUT2D eigenvalue weighted by Crippen LogP contribution is 2.40. The molecule has 0 bridgehead atoms. The summed E-state index contributed by atoms with van der Waals surface area (Å²) in [5.74, 6) is 0.275. The third kappa shape index (κ3) is 4.56. The van der Waals surface area contributed by atoms with E-state index in [2.05, 4.69) is 10.8 Å². The van der Waals surface area contributed by atoms with Gasteiger partial charge in [-0.1, -0.05) is 11.6 Å². The number of nitrogens with zero attached hydrogens (tertiary/aromatic N) is 4. The molecule has 1 aromatic carbocycles. The maximum atomic E-state index is 13.7. The van der Waals surface area contributed by atoms with Crippen molar-refractivity contribution in [1.29, 1.82) is 0 Å². The maximum Gasteiger partial charge on any atom is 0.256 e. The lowest BCUT2D eigenvalue weighted by atomic mass is 9.98. The number of anilines is 1. The van der Waals surface area contributed by atoms with Gasteiger partial charge in [0.2, 0.25) is 10.0 Å². The number of fused-ring (bicyclic) bond motifs is 1. The van der Waals surface area contributed by atoms with E-state index in [1.807, 2.05) is 17.5 Å². The van der Waals surface area contributed by atoms with Crippen LogP contribution >= 0.6 is 11.6 Å². The molecule has 1 N–H and O–H groups in total. The van der Waals surface area contributed by atoms with Crippen LogP contribution in [0.2, 0.25) is 5.02 Å². The minimum Gasteiger partial charge on any atom is -0.330 e. The van der Waals surface area contributed by atoms with E-state index in [-0.39, 0.29) is 23.2 Å². The molecule has 10 heteroatoms. The Morgan fingerprint density at radius 3 is 2.64 bits per heavy atom. The van der Waals surface area contributed by atoms with E-state index >= 15 is 0 Å². The van der Waals surface area contributed by atoms with Gasteiger partial charge in [-0.2, -0.15) is 5.10 Å². The first-order valence-electron chi connectivity index (χ1n) is 11.1. The number of amides is 1. The number of piperidine rings is 1. The molecule has 2 aliphatic rings. The monoisotopic (exact) mass is 487 g/mol. The quantitative estimate of drug-likeness (QED) is 0.578. The van der Waals surface area contributed by atoms with Gasteiger partial charge >= 0.3 is 0 Å². The molecule has 1 saturated carbocycles. The van der Waals surface area contributed by atoms with Crippen LogP contribution in [-0.2, 0) is 10.0 Å². The smallest absolute Gasteiger partial charge is 0.256 e. The highest BCUT2D eigenvalue weighted by atomic mass is 35.5. The summed E-state index contributed by atoms with van der Waals surface area (Å²) in [6, 6.07) is 8.45. The van der Waals surface area contributed by atoms with Crippen LogP contribution in [0.3, 0.4) is 0 Å². The number of hydrogen-bond acceptors (Lipinski definition) is 5. The molecule has 0 unspecified atom stereocenters. The van der Waals surface area contributed by atoms with Crippen molar-refractivity contribution < 1.29 is 13.2 Å². The molecule has 3 aromatic rings. The fourth-order valence-electron chi connectivity index (χ4n) is 4.54. The molecule has 33 heavy (non-hydrogen) atoms. The Morgan fingerprint density at radius 2 is 1.91 bits per heavy atom. The second-order valence-electron chi connectivity index (χ2n) is 9.01. The Labute approximate surface area is 198 Å². The molecule has 1 atom stereocenters. The molecular weight excluding hydrogens is 462 g/mol. The molecule has 0 spiro atoms. The third-order valence-electron chi connectivity index (χ3n) is 6.25. The molecule has 174 valence electrons. The van der Waals surface area contributed by atoms with Crippen molar-refractivity contribution in [2.24, 2.45) is 0 Å². The number of aryl methyl sites for hydroxylation is 1. The molecule has 0 radical (unpaired) electrons. The minimum atomic E-state index is -3.56. The van der Waals surface area contributed by atoms with E-state index in [9.17, 15) is 13.2 Å². The van der Waals surface area contributed by atoms with Crippen LogP contribution < -0.4 is 4.72 Å². The van der Waals surface area contributed by atoms with Crippen LogP contribution in [0.15, 0.2) is 30.3 Å². The van der Waals surface area contributed by atoms with Crippen molar-refractivity contribution in [2.45, 2.75) is 51.0 Å². The van der Waals surface area contributed by atoms with Gasteiger partial charge in [-0.3, -0.25) is 9.52 Å². The average Bonchev–Trinajstić information content (AvgIpc) is 3.52. The normalized spacial score (nSPS) is 19.1. The van der Waals surface area contributed by atoms with Crippen LogP contribution in [-0.4, -0.2) is 46.6 Å². The zero-order valence-corrected chi connectivity index (χ0v) is 20.2. The van der Waals surface area contributed by atoms with Gasteiger partial charge in [0.05, 0.1) is 29.2 Å². The highest BCUT2D eigenvalue weighted by molar-refractivity contribution is 7.92. The number of carbonyl (C=O) groups is 1. The number of nitrogens with one attached hydrogen (secondary N) is 1. The zero-order valence-electron chi connectivity index (χ0n) is 18.6. The standard InChI is InChI=1S/C23H26ClN5O3S/c1-14-11-19(15-6-7-15)25-22-13-20(26-29(14)22)21-5-3-4-10-28(21)23(30)17-12-16(24)8-9-18(17)27-33(2,31)32/h8-9,11-13,15,21,27H,3-7,10H2,1-2H3/t21-/m0/s1. The van der Waals surface area contributed by atoms with Gasteiger partial charge in [-0.25, -0.2) is 17.9 Å². The van der Waals surface area contributed by atoms with Gasteiger partial charge < -0.3 is 4.90 Å². The SMILES string of the molecule is Cc1cc(C2CC2)nc2cc([C@@H]3CCCCN3C(=O)c3cc(Cl)ccc3NS(C)(=O)=O)nn12. The zero-order chi connectivity index (χ0) is 23.3. The third-order valence-corrected chi connectivity index (χ3v) is 7.08. The second-order valence-corrected chi connectivity index (χ2v) is 11.2. The Morgan fingerprint density at radius 1 is 1.12 bits per heavy atom. The second kappa shape index (κ2) is 8.29. The van der Waals surface area contributed by atoms with E-state index in [1.54, 1.807) is 11.0 Å².